The van der Waals surface area contributed by atoms with Crippen LogP contribution < -0.4 is 15.4 Å². The molecule has 1 aromatic carbocycles. The number of carbonyl (C=O) groups is 3. The predicted molar refractivity (Wildman–Crippen MR) is 114 cm³/mol. The fourth-order valence-corrected chi connectivity index (χ4v) is 4.78. The van der Waals surface area contributed by atoms with E-state index in [2.05, 4.69) is 10.6 Å². The monoisotopic (exact) mass is 442 g/mol. The topological polar surface area (TPSA) is 103 Å². The summed E-state index contributed by atoms with van der Waals surface area (Å²) in [4.78, 5) is 38.0. The third-order valence-corrected chi connectivity index (χ3v) is 6.35. The Morgan fingerprint density at radius 2 is 1.90 bits per heavy atom. The van der Waals surface area contributed by atoms with Gasteiger partial charge in [-0.1, -0.05) is 0 Å². The van der Waals surface area contributed by atoms with Gasteiger partial charge in [0.2, 0.25) is 0 Å². The highest BCUT2D eigenvalue weighted by Crippen LogP contribution is 2.41. The van der Waals surface area contributed by atoms with Gasteiger partial charge in [0.1, 0.15) is 17.2 Å². The van der Waals surface area contributed by atoms with E-state index in [-0.39, 0.29) is 31.0 Å². The molecule has 0 bridgehead atoms. The van der Waals surface area contributed by atoms with Crippen LogP contribution in [0.2, 0.25) is 0 Å². The van der Waals surface area contributed by atoms with E-state index in [0.29, 0.717) is 4.88 Å². The normalized spacial score (nSPS) is 14.7. The zero-order valence-corrected chi connectivity index (χ0v) is 18.0. The van der Waals surface area contributed by atoms with E-state index in [4.69, 9.17) is 14.2 Å². The number of urea groups is 1. The van der Waals surface area contributed by atoms with E-state index in [9.17, 15) is 14.4 Å². The van der Waals surface area contributed by atoms with E-state index in [1.165, 1.54) is 16.9 Å². The van der Waals surface area contributed by atoms with Gasteiger partial charge in [0.25, 0.3) is 0 Å². The third kappa shape index (κ3) is 4.27. The molecule has 2 aliphatic rings. The second kappa shape index (κ2) is 8.81. The van der Waals surface area contributed by atoms with Gasteiger partial charge < -0.3 is 24.8 Å². The Morgan fingerprint density at radius 1 is 1.10 bits per heavy atom. The average Bonchev–Trinajstić information content (AvgIpc) is 3.22. The van der Waals surface area contributed by atoms with Crippen LogP contribution in [-0.4, -0.2) is 44.8 Å². The van der Waals surface area contributed by atoms with Crippen LogP contribution in [-0.2, 0) is 27.1 Å². The number of aryl methyl sites for hydroxylation is 2. The molecule has 2 heterocycles. The van der Waals surface area contributed by atoms with E-state index >= 15 is 0 Å². The van der Waals surface area contributed by atoms with E-state index in [1.54, 1.807) is 14.0 Å². The second-order valence-electron chi connectivity index (χ2n) is 7.05. The van der Waals surface area contributed by atoms with Gasteiger partial charge in [-0.3, -0.25) is 0 Å². The number of hydrogen-bond acceptors (Lipinski definition) is 7. The van der Waals surface area contributed by atoms with Gasteiger partial charge in [0, 0.05) is 4.88 Å². The number of ether oxygens (including phenoxy) is 3. The Bertz CT molecular complexity index is 1090. The number of carbonyl (C=O) groups excluding carboxylic acids is 3. The molecule has 0 spiro atoms. The smallest absolute Gasteiger partial charge is 0.348 e. The molecule has 8 nitrogen and oxygen atoms in total. The molecule has 4 rings (SSSR count). The van der Waals surface area contributed by atoms with Crippen molar-refractivity contribution in [3.8, 4) is 16.2 Å². The van der Waals surface area contributed by atoms with E-state index in [1.807, 2.05) is 24.3 Å². The lowest BCUT2D eigenvalue weighted by Gasteiger charge is -2.20. The summed E-state index contributed by atoms with van der Waals surface area (Å²) in [5.74, 6) is -0.245. The molecule has 1 aromatic heterocycles. The number of methoxy groups -OCH3 is 1. The fraction of sp³-hybridized carbons (Fsp3) is 0.318. The quantitative estimate of drug-likeness (QED) is 0.667. The summed E-state index contributed by atoms with van der Waals surface area (Å²) in [5.41, 5.74) is 3.87. The SMILES string of the molecule is CCOC(=O)C1=C(COC(=O)c2cc3c(s2)-c2ccc(OC)cc2CC3)NC(=O)NC1. The summed E-state index contributed by atoms with van der Waals surface area (Å²) >= 11 is 1.38. The van der Waals surface area contributed by atoms with Gasteiger partial charge in [0.05, 0.1) is 31.5 Å². The highest BCUT2D eigenvalue weighted by atomic mass is 32.1. The number of rotatable bonds is 6. The van der Waals surface area contributed by atoms with E-state index in [0.717, 1.165) is 34.6 Å². The molecular weight excluding hydrogens is 420 g/mol. The van der Waals surface area contributed by atoms with Crippen molar-refractivity contribution < 1.29 is 28.6 Å². The largest absolute Gasteiger partial charge is 0.497 e. The Morgan fingerprint density at radius 3 is 2.68 bits per heavy atom. The minimum atomic E-state index is -0.556. The van der Waals surface area contributed by atoms with Crippen LogP contribution in [0.4, 0.5) is 4.79 Å². The number of esters is 2. The molecule has 0 saturated heterocycles. The molecule has 31 heavy (non-hydrogen) atoms. The molecule has 0 radical (unpaired) electrons. The molecule has 9 heteroatoms. The molecule has 0 unspecified atom stereocenters. The summed E-state index contributed by atoms with van der Waals surface area (Å²) in [6.07, 6.45) is 1.71. The predicted octanol–water partition coefficient (Wildman–Crippen LogP) is 2.81. The number of hydrogen-bond donors (Lipinski definition) is 2. The number of benzene rings is 1. The summed E-state index contributed by atoms with van der Waals surface area (Å²) in [7, 11) is 1.64. The maximum atomic E-state index is 12.7. The van der Waals surface area contributed by atoms with Crippen molar-refractivity contribution >= 4 is 29.3 Å². The summed E-state index contributed by atoms with van der Waals surface area (Å²) < 4.78 is 15.7. The molecule has 2 aromatic rings. The standard InChI is InChI=1S/C22H22N2O6S/c1-3-29-20(25)16-10-23-22(27)24-17(16)11-30-21(26)18-9-13-5-4-12-8-14(28-2)6-7-15(12)19(13)31-18/h6-9H,3-5,10-11H2,1-2H3,(H2,23,24,27). The molecule has 1 aliphatic carbocycles. The van der Waals surface area contributed by atoms with Crippen LogP contribution in [0.5, 0.6) is 5.75 Å². The Labute approximate surface area is 183 Å². The molecule has 0 fully saturated rings. The lowest BCUT2D eigenvalue weighted by Crippen LogP contribution is -2.45. The summed E-state index contributed by atoms with van der Waals surface area (Å²) in [6.45, 7) is 1.69. The molecule has 0 atom stereocenters. The minimum absolute atomic E-state index is 0.0189. The Balaban J connectivity index is 1.51. The Kier molecular flexibility index (Phi) is 5.94. The number of fused-ring (bicyclic) bond motifs is 3. The minimum Gasteiger partial charge on any atom is -0.497 e. The molecular formula is C22H22N2O6S. The van der Waals surface area contributed by atoms with Crippen molar-refractivity contribution in [1.29, 1.82) is 0 Å². The van der Waals surface area contributed by atoms with Crippen molar-refractivity contribution in [2.45, 2.75) is 19.8 Å². The van der Waals surface area contributed by atoms with Crippen molar-refractivity contribution in [1.82, 2.24) is 10.6 Å². The lowest BCUT2D eigenvalue weighted by molar-refractivity contribution is -0.138. The second-order valence-corrected chi connectivity index (χ2v) is 8.10. The van der Waals surface area contributed by atoms with Crippen LogP contribution in [0.15, 0.2) is 35.5 Å². The molecule has 1 aliphatic heterocycles. The first-order valence-corrected chi connectivity index (χ1v) is 10.7. The lowest BCUT2D eigenvalue weighted by atomic mass is 9.91. The molecule has 162 valence electrons. The van der Waals surface area contributed by atoms with Crippen LogP contribution in [0.25, 0.3) is 10.4 Å². The maximum Gasteiger partial charge on any atom is 0.348 e. The molecule has 2 amide bonds. The van der Waals surface area contributed by atoms with Gasteiger partial charge in [0.15, 0.2) is 0 Å². The van der Waals surface area contributed by atoms with E-state index < -0.39 is 18.0 Å². The highest BCUT2D eigenvalue weighted by molar-refractivity contribution is 7.17. The van der Waals surface area contributed by atoms with Gasteiger partial charge in [-0.15, -0.1) is 11.3 Å². The van der Waals surface area contributed by atoms with Gasteiger partial charge in [-0.05, 0) is 60.7 Å². The first-order valence-electron chi connectivity index (χ1n) is 9.91. The van der Waals surface area contributed by atoms with Gasteiger partial charge >= 0.3 is 18.0 Å². The van der Waals surface area contributed by atoms with Crippen molar-refractivity contribution in [2.24, 2.45) is 0 Å². The molecule has 2 N–H and O–H groups in total. The van der Waals surface area contributed by atoms with Crippen LogP contribution >= 0.6 is 11.3 Å². The number of thiophene rings is 1. The average molecular weight is 442 g/mol. The first kappa shape index (κ1) is 20.9. The van der Waals surface area contributed by atoms with Gasteiger partial charge in [-0.2, -0.15) is 0 Å². The summed E-state index contributed by atoms with van der Waals surface area (Å²) in [5, 5.41) is 5.04. The van der Waals surface area contributed by atoms with Crippen LogP contribution in [0.1, 0.15) is 27.7 Å². The number of amides is 2. The number of nitrogens with one attached hydrogen (secondary N) is 2. The fourth-order valence-electron chi connectivity index (χ4n) is 3.62. The van der Waals surface area contributed by atoms with Gasteiger partial charge in [-0.25, -0.2) is 14.4 Å². The van der Waals surface area contributed by atoms with Crippen LogP contribution in [0.3, 0.4) is 0 Å². The highest BCUT2D eigenvalue weighted by Gasteiger charge is 2.26. The van der Waals surface area contributed by atoms with Crippen molar-refractivity contribution in [3.63, 3.8) is 0 Å². The van der Waals surface area contributed by atoms with Crippen molar-refractivity contribution in [2.75, 3.05) is 26.9 Å². The van der Waals surface area contributed by atoms with Crippen molar-refractivity contribution in [3.05, 3.63) is 51.5 Å². The Hall–Kier alpha value is -3.33. The summed E-state index contributed by atoms with van der Waals surface area (Å²) in [6, 6.07) is 7.35. The third-order valence-electron chi connectivity index (χ3n) is 5.15. The zero-order valence-electron chi connectivity index (χ0n) is 17.2. The van der Waals surface area contributed by atoms with Crippen LogP contribution in [0, 0.1) is 0 Å². The maximum absolute atomic E-state index is 12.7. The zero-order chi connectivity index (χ0) is 22.0. The first-order chi connectivity index (χ1) is 15.0. The molecule has 0 saturated carbocycles.